The number of nitrogens with two attached hydrogens (primary N) is 1. The highest BCUT2D eigenvalue weighted by Gasteiger charge is 2.37. The van der Waals surface area contributed by atoms with E-state index in [1.54, 1.807) is 18.2 Å². The molecule has 0 aliphatic carbocycles. The predicted molar refractivity (Wildman–Crippen MR) is 111 cm³/mol. The number of hydrogen-bond acceptors (Lipinski definition) is 5. The summed E-state index contributed by atoms with van der Waals surface area (Å²) in [5.74, 6) is -0.421. The second kappa shape index (κ2) is 9.63. The molecule has 8 heteroatoms. The molecule has 1 aliphatic heterocycles. The molecule has 0 spiro atoms. The van der Waals surface area contributed by atoms with Crippen molar-refractivity contribution >= 4 is 29.4 Å². The van der Waals surface area contributed by atoms with Gasteiger partial charge in [0.15, 0.2) is 0 Å². The zero-order valence-corrected chi connectivity index (χ0v) is 17.4. The van der Waals surface area contributed by atoms with Gasteiger partial charge in [-0.25, -0.2) is 0 Å². The molecule has 1 atom stereocenters. The van der Waals surface area contributed by atoms with Gasteiger partial charge in [-0.05, 0) is 29.7 Å². The number of primary amides is 1. The van der Waals surface area contributed by atoms with Gasteiger partial charge in [0.25, 0.3) is 5.91 Å². The Labute approximate surface area is 179 Å². The molecule has 0 bridgehead atoms. The van der Waals surface area contributed by atoms with Crippen LogP contribution >= 0.6 is 11.6 Å². The smallest absolute Gasteiger partial charge is 0.305 e. The summed E-state index contributed by atoms with van der Waals surface area (Å²) in [6, 6.07) is 12.1. The van der Waals surface area contributed by atoms with Crippen molar-refractivity contribution < 1.29 is 23.9 Å². The minimum atomic E-state index is -0.903. The van der Waals surface area contributed by atoms with Crippen molar-refractivity contribution in [1.82, 2.24) is 4.90 Å². The molecule has 0 aromatic heterocycles. The van der Waals surface area contributed by atoms with E-state index in [-0.39, 0.29) is 25.3 Å². The summed E-state index contributed by atoms with van der Waals surface area (Å²) in [6.07, 6.45) is 0.0940. The van der Waals surface area contributed by atoms with Crippen LogP contribution in [-0.2, 0) is 33.4 Å². The lowest BCUT2D eigenvalue weighted by Crippen LogP contribution is -2.45. The standard InChI is InChI=1S/C22H23ClN2O5/c1-29-20(26)10-9-18(21(24)27)25-12-17-16(22(25)28)3-2-4-19(17)30-13-15-7-5-14(11-23)6-8-15/h2-8,18H,9-13H2,1H3,(H2,24,27). The number of amides is 2. The summed E-state index contributed by atoms with van der Waals surface area (Å²) >= 11 is 5.81. The van der Waals surface area contributed by atoms with Gasteiger partial charge in [0.2, 0.25) is 5.91 Å². The van der Waals surface area contributed by atoms with Gasteiger partial charge >= 0.3 is 5.97 Å². The Hall–Kier alpha value is -3.06. The van der Waals surface area contributed by atoms with Gasteiger partial charge in [0, 0.05) is 23.4 Å². The van der Waals surface area contributed by atoms with Crippen molar-refractivity contribution in [1.29, 1.82) is 0 Å². The third-order valence-corrected chi connectivity index (χ3v) is 5.39. The normalized spacial score (nSPS) is 13.7. The number of halogens is 1. The summed E-state index contributed by atoms with van der Waals surface area (Å²) in [5, 5.41) is 0. The maximum absolute atomic E-state index is 12.9. The summed E-state index contributed by atoms with van der Waals surface area (Å²) in [7, 11) is 1.27. The van der Waals surface area contributed by atoms with Crippen molar-refractivity contribution in [2.45, 2.75) is 37.9 Å². The average molecular weight is 431 g/mol. The molecule has 1 unspecified atom stereocenters. The molecule has 3 rings (SSSR count). The first-order valence-corrected chi connectivity index (χ1v) is 10.0. The van der Waals surface area contributed by atoms with Crippen LogP contribution in [0.2, 0.25) is 0 Å². The molecule has 7 nitrogen and oxygen atoms in total. The lowest BCUT2D eigenvalue weighted by atomic mass is 10.1. The average Bonchev–Trinajstić information content (AvgIpc) is 3.09. The zero-order valence-electron chi connectivity index (χ0n) is 16.6. The van der Waals surface area contributed by atoms with Crippen LogP contribution in [0.1, 0.15) is 39.9 Å². The van der Waals surface area contributed by atoms with E-state index in [1.165, 1.54) is 12.0 Å². The second-order valence-electron chi connectivity index (χ2n) is 6.99. The monoisotopic (exact) mass is 430 g/mol. The Kier molecular flexibility index (Phi) is 6.95. The maximum atomic E-state index is 12.9. The van der Waals surface area contributed by atoms with Crippen LogP contribution in [0.25, 0.3) is 0 Å². The van der Waals surface area contributed by atoms with Gasteiger partial charge in [0.05, 0.1) is 13.7 Å². The second-order valence-corrected chi connectivity index (χ2v) is 7.25. The largest absolute Gasteiger partial charge is 0.489 e. The van der Waals surface area contributed by atoms with E-state index in [0.29, 0.717) is 29.4 Å². The SMILES string of the molecule is COC(=O)CCC(C(N)=O)N1Cc2c(OCc3ccc(CCl)cc3)cccc2C1=O. The Bertz CT molecular complexity index is 945. The molecule has 1 aliphatic rings. The lowest BCUT2D eigenvalue weighted by molar-refractivity contribution is -0.141. The van der Waals surface area contributed by atoms with E-state index < -0.39 is 17.9 Å². The number of fused-ring (bicyclic) bond motifs is 1. The van der Waals surface area contributed by atoms with E-state index in [2.05, 4.69) is 4.74 Å². The summed E-state index contributed by atoms with van der Waals surface area (Å²) < 4.78 is 10.6. The molecule has 158 valence electrons. The minimum absolute atomic E-state index is 0.00805. The van der Waals surface area contributed by atoms with Gasteiger partial charge in [0.1, 0.15) is 18.4 Å². The minimum Gasteiger partial charge on any atom is -0.489 e. The third kappa shape index (κ3) is 4.74. The van der Waals surface area contributed by atoms with Gasteiger partial charge in [-0.3, -0.25) is 14.4 Å². The number of rotatable bonds is 9. The van der Waals surface area contributed by atoms with E-state index in [9.17, 15) is 14.4 Å². The Morgan fingerprint density at radius 2 is 1.87 bits per heavy atom. The molecule has 0 radical (unpaired) electrons. The van der Waals surface area contributed by atoms with Gasteiger partial charge in [-0.2, -0.15) is 0 Å². The Morgan fingerprint density at radius 3 is 2.50 bits per heavy atom. The molecular weight excluding hydrogens is 408 g/mol. The molecular formula is C22H23ClN2O5. The quantitative estimate of drug-likeness (QED) is 0.487. The highest BCUT2D eigenvalue weighted by atomic mass is 35.5. The summed E-state index contributed by atoms with van der Waals surface area (Å²) in [6.45, 7) is 0.513. The van der Waals surface area contributed by atoms with Crippen LogP contribution in [0.3, 0.4) is 0 Å². The number of carbonyl (C=O) groups is 3. The van der Waals surface area contributed by atoms with Crippen molar-refractivity contribution in [2.75, 3.05) is 7.11 Å². The first kappa shape index (κ1) is 21.6. The molecule has 1 heterocycles. The Morgan fingerprint density at radius 1 is 1.17 bits per heavy atom. The fourth-order valence-electron chi connectivity index (χ4n) is 3.41. The van der Waals surface area contributed by atoms with Crippen molar-refractivity contribution in [2.24, 2.45) is 5.73 Å². The van der Waals surface area contributed by atoms with Crippen LogP contribution in [0.4, 0.5) is 0 Å². The number of alkyl halides is 1. The van der Waals surface area contributed by atoms with Gasteiger partial charge < -0.3 is 20.1 Å². The van der Waals surface area contributed by atoms with Crippen LogP contribution in [0.5, 0.6) is 5.75 Å². The number of hydrogen-bond donors (Lipinski definition) is 1. The van der Waals surface area contributed by atoms with E-state index in [1.807, 2.05) is 24.3 Å². The lowest BCUT2D eigenvalue weighted by Gasteiger charge is -2.24. The highest BCUT2D eigenvalue weighted by molar-refractivity contribution is 6.17. The molecule has 2 aromatic carbocycles. The fourth-order valence-corrected chi connectivity index (χ4v) is 3.59. The number of carbonyl (C=O) groups excluding carboxylic acids is 3. The first-order chi connectivity index (χ1) is 14.4. The van der Waals surface area contributed by atoms with Crippen LogP contribution in [-0.4, -0.2) is 35.8 Å². The van der Waals surface area contributed by atoms with Crippen molar-refractivity contribution in [3.63, 3.8) is 0 Å². The molecule has 2 amide bonds. The number of benzene rings is 2. The van der Waals surface area contributed by atoms with E-state index in [0.717, 1.165) is 11.1 Å². The number of ether oxygens (including phenoxy) is 2. The third-order valence-electron chi connectivity index (χ3n) is 5.08. The number of methoxy groups -OCH3 is 1. The van der Waals surface area contributed by atoms with Crippen molar-refractivity contribution in [3.8, 4) is 5.75 Å². The van der Waals surface area contributed by atoms with Crippen molar-refractivity contribution in [3.05, 3.63) is 64.7 Å². The van der Waals surface area contributed by atoms with Gasteiger partial charge in [-0.1, -0.05) is 30.3 Å². The van der Waals surface area contributed by atoms with Gasteiger partial charge in [-0.15, -0.1) is 11.6 Å². The van der Waals surface area contributed by atoms with E-state index in [4.69, 9.17) is 22.1 Å². The van der Waals surface area contributed by atoms with Crippen LogP contribution in [0.15, 0.2) is 42.5 Å². The van der Waals surface area contributed by atoms with Crippen LogP contribution < -0.4 is 10.5 Å². The topological polar surface area (TPSA) is 98.9 Å². The number of nitrogens with zero attached hydrogens (tertiary/aromatic N) is 1. The molecule has 0 fully saturated rings. The fraction of sp³-hybridized carbons (Fsp3) is 0.318. The molecule has 0 saturated heterocycles. The highest BCUT2D eigenvalue weighted by Crippen LogP contribution is 2.33. The zero-order chi connectivity index (χ0) is 21.7. The van der Waals surface area contributed by atoms with Crippen LogP contribution in [0, 0.1) is 0 Å². The molecule has 0 saturated carbocycles. The molecule has 2 aromatic rings. The summed E-state index contributed by atoms with van der Waals surface area (Å²) in [5.41, 5.74) is 8.67. The Balaban J connectivity index is 1.75. The summed E-state index contributed by atoms with van der Waals surface area (Å²) in [4.78, 5) is 37.7. The maximum Gasteiger partial charge on any atom is 0.305 e. The molecule has 30 heavy (non-hydrogen) atoms. The molecule has 2 N–H and O–H groups in total. The first-order valence-electron chi connectivity index (χ1n) is 9.50. The predicted octanol–water partition coefficient (Wildman–Crippen LogP) is 2.77. The number of esters is 1. The van der Waals surface area contributed by atoms with E-state index >= 15 is 0 Å².